The number of carbonyl (C=O) groups excluding carboxylic acids is 2. The van der Waals surface area contributed by atoms with E-state index in [0.29, 0.717) is 19.4 Å². The first-order valence-corrected chi connectivity index (χ1v) is 16.4. The number of carbonyl (C=O) groups is 3. The first-order valence-electron chi connectivity index (χ1n) is 16.4. The molecule has 4 rings (SSSR count). The van der Waals surface area contributed by atoms with E-state index >= 15 is 0 Å². The SMILES string of the molecule is CCC(=O)c1ccc(Oc2ccc(C(=O)Cc3c(C)cc(Cc4cc(C)c(C)c(C(C)(O)C(F)(F)F)c4)cc3C(C)(O)C(F)(F)F)cc2)cc1C(=O)O. The molecule has 3 N–H and O–H groups in total. The largest absolute Gasteiger partial charge is 0.478 e. The second-order valence-electron chi connectivity index (χ2n) is 13.4. The summed E-state index contributed by atoms with van der Waals surface area (Å²) in [7, 11) is 0. The predicted octanol–water partition coefficient (Wildman–Crippen LogP) is 9.25. The molecule has 53 heavy (non-hydrogen) atoms. The van der Waals surface area contributed by atoms with Crippen molar-refractivity contribution in [3.05, 3.63) is 128 Å². The van der Waals surface area contributed by atoms with Gasteiger partial charge in [0.2, 0.25) is 0 Å². The first kappa shape index (κ1) is 40.8. The number of hydrogen-bond acceptors (Lipinski definition) is 6. The van der Waals surface area contributed by atoms with Gasteiger partial charge in [0.15, 0.2) is 22.8 Å². The van der Waals surface area contributed by atoms with E-state index in [1.165, 1.54) is 62.4 Å². The van der Waals surface area contributed by atoms with Gasteiger partial charge in [0.05, 0.1) is 5.56 Å². The fourth-order valence-electron chi connectivity index (χ4n) is 6.05. The van der Waals surface area contributed by atoms with Crippen LogP contribution in [0.25, 0.3) is 0 Å². The topological polar surface area (TPSA) is 121 Å². The fourth-order valence-corrected chi connectivity index (χ4v) is 6.05. The van der Waals surface area contributed by atoms with E-state index in [2.05, 4.69) is 0 Å². The maximum atomic E-state index is 14.3. The van der Waals surface area contributed by atoms with Gasteiger partial charge in [-0.3, -0.25) is 9.59 Å². The Morgan fingerprint density at radius 1 is 0.660 bits per heavy atom. The lowest BCUT2D eigenvalue weighted by Gasteiger charge is -2.31. The highest BCUT2D eigenvalue weighted by Crippen LogP contribution is 2.43. The standard InChI is InChI=1S/C40H38F6O7/c1-7-34(47)29-13-12-28(19-31(29)36(49)50)53-27-10-8-26(9-11-27)35(48)20-30-22(3)15-25(18-33(30)38(6,52)40(44,45)46)16-24-14-21(2)23(4)32(17-24)37(5,51)39(41,42)43/h8-15,17-19,51-52H,7,16,20H2,1-6H3,(H,49,50). The molecule has 13 heteroatoms. The van der Waals surface area contributed by atoms with Crippen LogP contribution in [0.15, 0.2) is 66.7 Å². The number of hydrogen-bond donors (Lipinski definition) is 3. The number of aromatic carboxylic acids is 1. The average molecular weight is 745 g/mol. The molecule has 0 aromatic heterocycles. The third-order valence-electron chi connectivity index (χ3n) is 9.41. The summed E-state index contributed by atoms with van der Waals surface area (Å²) in [6.45, 7) is 7.22. The number of carboxylic acids is 1. The molecule has 0 saturated carbocycles. The highest BCUT2D eigenvalue weighted by molar-refractivity contribution is 6.06. The highest BCUT2D eigenvalue weighted by atomic mass is 19.4. The van der Waals surface area contributed by atoms with Crippen molar-refractivity contribution in [3.63, 3.8) is 0 Å². The summed E-state index contributed by atoms with van der Waals surface area (Å²) in [6, 6.07) is 14.8. The Labute approximate surface area is 301 Å². The van der Waals surface area contributed by atoms with Gasteiger partial charge in [-0.05, 0) is 128 Å². The lowest BCUT2D eigenvalue weighted by atomic mass is 9.82. The molecule has 0 fully saturated rings. The number of benzene rings is 4. The predicted molar refractivity (Wildman–Crippen MR) is 184 cm³/mol. The summed E-state index contributed by atoms with van der Waals surface area (Å²) in [4.78, 5) is 37.3. The van der Waals surface area contributed by atoms with Gasteiger partial charge >= 0.3 is 18.3 Å². The average Bonchev–Trinajstić information content (AvgIpc) is 3.06. The molecule has 0 aliphatic carbocycles. The molecule has 2 atom stereocenters. The molecule has 0 aliphatic heterocycles. The van der Waals surface area contributed by atoms with Crippen LogP contribution in [0.1, 0.15) is 103 Å². The Hall–Kier alpha value is -5.01. The smallest absolute Gasteiger partial charge is 0.421 e. The Morgan fingerprint density at radius 2 is 1.17 bits per heavy atom. The van der Waals surface area contributed by atoms with Crippen LogP contribution >= 0.6 is 0 Å². The van der Waals surface area contributed by atoms with Crippen molar-refractivity contribution < 1.29 is 60.8 Å². The minimum atomic E-state index is -5.17. The number of ketones is 2. The zero-order valence-corrected chi connectivity index (χ0v) is 29.7. The van der Waals surface area contributed by atoms with E-state index in [1.807, 2.05) is 0 Å². The van der Waals surface area contributed by atoms with Crippen molar-refractivity contribution >= 4 is 17.5 Å². The molecule has 0 amide bonds. The van der Waals surface area contributed by atoms with Gasteiger partial charge in [-0.1, -0.05) is 31.2 Å². The van der Waals surface area contributed by atoms with E-state index in [1.54, 1.807) is 19.9 Å². The van der Waals surface area contributed by atoms with Gasteiger partial charge in [0.1, 0.15) is 11.5 Å². The third-order valence-corrected chi connectivity index (χ3v) is 9.41. The van der Waals surface area contributed by atoms with E-state index in [9.17, 15) is 56.0 Å². The maximum Gasteiger partial charge on any atom is 0.421 e. The molecule has 0 aliphatic rings. The van der Waals surface area contributed by atoms with Gasteiger partial charge < -0.3 is 20.1 Å². The molecule has 0 spiro atoms. The lowest BCUT2D eigenvalue weighted by molar-refractivity contribution is -0.259. The summed E-state index contributed by atoms with van der Waals surface area (Å²) in [6.07, 6.45) is -10.8. The van der Waals surface area contributed by atoms with Crippen molar-refractivity contribution in [2.24, 2.45) is 0 Å². The Bertz CT molecular complexity index is 2060. The van der Waals surface area contributed by atoms with E-state index in [4.69, 9.17) is 4.74 Å². The van der Waals surface area contributed by atoms with Crippen LogP contribution < -0.4 is 4.74 Å². The molecule has 0 radical (unpaired) electrons. The molecule has 0 saturated heterocycles. The van der Waals surface area contributed by atoms with Crippen molar-refractivity contribution in [2.75, 3.05) is 0 Å². The van der Waals surface area contributed by atoms with Gasteiger partial charge in [-0.15, -0.1) is 0 Å². The number of rotatable bonds is 12. The normalized spacial score (nSPS) is 14.3. The summed E-state index contributed by atoms with van der Waals surface area (Å²) in [5.41, 5.74) is -6.49. The van der Waals surface area contributed by atoms with Gasteiger partial charge in [0.25, 0.3) is 0 Å². The van der Waals surface area contributed by atoms with Crippen LogP contribution in [0.2, 0.25) is 0 Å². The first-order chi connectivity index (χ1) is 24.4. The highest BCUT2D eigenvalue weighted by Gasteiger charge is 2.53. The minimum Gasteiger partial charge on any atom is -0.478 e. The van der Waals surface area contributed by atoms with Gasteiger partial charge in [-0.2, -0.15) is 26.3 Å². The zero-order valence-electron chi connectivity index (χ0n) is 29.7. The number of aryl methyl sites for hydroxylation is 2. The minimum absolute atomic E-state index is 0.0232. The zero-order chi connectivity index (χ0) is 39.8. The molecule has 282 valence electrons. The summed E-state index contributed by atoms with van der Waals surface area (Å²) < 4.78 is 89.8. The van der Waals surface area contributed by atoms with Gasteiger partial charge in [-0.25, -0.2) is 4.79 Å². The second-order valence-corrected chi connectivity index (χ2v) is 13.4. The van der Waals surface area contributed by atoms with Crippen LogP contribution in [0.5, 0.6) is 11.5 Å². The number of ether oxygens (including phenoxy) is 1. The summed E-state index contributed by atoms with van der Waals surface area (Å²) in [5.74, 6) is -1.99. The molecule has 2 unspecified atom stereocenters. The summed E-state index contributed by atoms with van der Waals surface area (Å²) >= 11 is 0. The maximum absolute atomic E-state index is 14.3. The van der Waals surface area contributed by atoms with Crippen LogP contribution in [-0.4, -0.2) is 45.2 Å². The number of Topliss-reactive ketones (excluding diaryl/α,β-unsaturated/α-hetero) is 2. The van der Waals surface area contributed by atoms with E-state index in [-0.39, 0.29) is 74.6 Å². The number of carboxylic acid groups (broad SMARTS) is 1. The van der Waals surface area contributed by atoms with Crippen molar-refractivity contribution in [1.29, 1.82) is 0 Å². The number of halogens is 6. The van der Waals surface area contributed by atoms with Crippen molar-refractivity contribution in [1.82, 2.24) is 0 Å². The second kappa shape index (κ2) is 14.8. The van der Waals surface area contributed by atoms with Gasteiger partial charge in [0, 0.05) is 24.0 Å². The molecule has 0 bridgehead atoms. The molecule has 4 aromatic rings. The summed E-state index contributed by atoms with van der Waals surface area (Å²) in [5, 5.41) is 30.8. The Balaban J connectivity index is 1.66. The third kappa shape index (κ3) is 8.47. The molecular formula is C40H38F6O7. The van der Waals surface area contributed by atoms with Crippen LogP contribution in [0.3, 0.4) is 0 Å². The van der Waals surface area contributed by atoms with Crippen molar-refractivity contribution in [2.45, 2.75) is 84.4 Å². The van der Waals surface area contributed by atoms with E-state index < -0.39 is 52.9 Å². The molecular weight excluding hydrogens is 706 g/mol. The molecule has 4 aromatic carbocycles. The lowest BCUT2D eigenvalue weighted by Crippen LogP contribution is -2.40. The molecule has 0 heterocycles. The van der Waals surface area contributed by atoms with E-state index in [0.717, 1.165) is 12.1 Å². The fraction of sp³-hybridized carbons (Fsp3) is 0.325. The molecule has 7 nitrogen and oxygen atoms in total. The number of aliphatic hydroxyl groups is 2. The van der Waals surface area contributed by atoms with Crippen LogP contribution in [0.4, 0.5) is 26.3 Å². The van der Waals surface area contributed by atoms with Crippen LogP contribution in [0, 0.1) is 20.8 Å². The Morgan fingerprint density at radius 3 is 1.70 bits per heavy atom. The van der Waals surface area contributed by atoms with Crippen LogP contribution in [-0.2, 0) is 24.0 Å². The quantitative estimate of drug-likeness (QED) is 0.0977. The monoisotopic (exact) mass is 744 g/mol. The van der Waals surface area contributed by atoms with Crippen molar-refractivity contribution in [3.8, 4) is 11.5 Å². The number of alkyl halides is 6. The Kier molecular flexibility index (Phi) is 11.4.